The van der Waals surface area contributed by atoms with Gasteiger partial charge < -0.3 is 15.2 Å². The van der Waals surface area contributed by atoms with Gasteiger partial charge in [-0.05, 0) is 18.9 Å². The predicted octanol–water partition coefficient (Wildman–Crippen LogP) is 2.36. The zero-order valence-electron chi connectivity index (χ0n) is 12.3. The molecule has 1 heterocycles. The van der Waals surface area contributed by atoms with E-state index in [2.05, 4.69) is 5.32 Å². The van der Waals surface area contributed by atoms with Crippen molar-refractivity contribution in [1.82, 2.24) is 5.32 Å². The summed E-state index contributed by atoms with van der Waals surface area (Å²) in [5.41, 5.74) is 0.216. The first-order chi connectivity index (χ1) is 10.2. The summed E-state index contributed by atoms with van der Waals surface area (Å²) in [6, 6.07) is 7.66. The summed E-state index contributed by atoms with van der Waals surface area (Å²) < 4.78 is 5.55. The molecule has 1 aromatic carbocycles. The van der Waals surface area contributed by atoms with E-state index in [9.17, 15) is 9.90 Å². The molecule has 0 aromatic heterocycles. The Labute approximate surface area is 125 Å². The first-order valence-electron chi connectivity index (χ1n) is 7.90. The molecule has 0 bridgehead atoms. The van der Waals surface area contributed by atoms with Gasteiger partial charge in [0.1, 0.15) is 18.3 Å². The number of rotatable bonds is 3. The highest BCUT2D eigenvalue weighted by Gasteiger charge is 2.33. The quantitative estimate of drug-likeness (QED) is 0.840. The van der Waals surface area contributed by atoms with Gasteiger partial charge in [-0.3, -0.25) is 4.79 Å². The molecule has 1 atom stereocenters. The Bertz CT molecular complexity index is 507. The second-order valence-corrected chi connectivity index (χ2v) is 6.26. The lowest BCUT2D eigenvalue weighted by atomic mass is 9.93. The van der Waals surface area contributed by atoms with Crippen LogP contribution in [0.25, 0.3) is 0 Å². The summed E-state index contributed by atoms with van der Waals surface area (Å²) in [6.07, 6.45) is 6.01. The number of hydrogen-bond donors (Lipinski definition) is 2. The van der Waals surface area contributed by atoms with Crippen molar-refractivity contribution in [2.24, 2.45) is 0 Å². The van der Waals surface area contributed by atoms with Gasteiger partial charge in [-0.1, -0.05) is 43.9 Å². The summed E-state index contributed by atoms with van der Waals surface area (Å²) in [4.78, 5) is 12.4. The van der Waals surface area contributed by atoms with Crippen LogP contribution in [0.2, 0.25) is 0 Å². The number of carbonyl (C=O) groups excluding carboxylic acids is 1. The number of carbonyl (C=O) groups is 1. The molecular weight excluding hydrogens is 266 g/mol. The van der Waals surface area contributed by atoms with Crippen molar-refractivity contribution < 1.29 is 14.6 Å². The van der Waals surface area contributed by atoms with E-state index in [0.29, 0.717) is 13.2 Å². The number of nitrogens with one attached hydrogen (secondary N) is 1. The summed E-state index contributed by atoms with van der Waals surface area (Å²) in [5, 5.41) is 13.5. The topological polar surface area (TPSA) is 58.6 Å². The molecule has 3 rings (SSSR count). The van der Waals surface area contributed by atoms with Crippen molar-refractivity contribution in [3.63, 3.8) is 0 Å². The van der Waals surface area contributed by atoms with Crippen LogP contribution in [-0.2, 0) is 4.79 Å². The summed E-state index contributed by atoms with van der Waals surface area (Å²) >= 11 is 0. The minimum absolute atomic E-state index is 0.0439. The fourth-order valence-corrected chi connectivity index (χ4v) is 3.32. The number of fused-ring (bicyclic) bond motifs is 1. The third kappa shape index (κ3) is 3.21. The Kier molecular flexibility index (Phi) is 4.15. The van der Waals surface area contributed by atoms with E-state index in [-0.39, 0.29) is 11.8 Å². The standard InChI is InChI=1S/C17H23NO3/c19-16(14-11-21-15-8-4-3-7-13(14)15)18-12-17(20)9-5-1-2-6-10-17/h3-4,7-8,14,20H,1-2,5-6,9-12H2,(H,18,19). The van der Waals surface area contributed by atoms with E-state index >= 15 is 0 Å². The molecule has 1 amide bonds. The highest BCUT2D eigenvalue weighted by atomic mass is 16.5. The lowest BCUT2D eigenvalue weighted by Gasteiger charge is -2.27. The van der Waals surface area contributed by atoms with Crippen LogP contribution in [0.5, 0.6) is 5.75 Å². The maximum atomic E-state index is 12.4. The molecule has 1 aromatic rings. The van der Waals surface area contributed by atoms with E-state index in [1.807, 2.05) is 24.3 Å². The molecule has 1 unspecified atom stereocenters. The van der Waals surface area contributed by atoms with Crippen molar-refractivity contribution in [2.75, 3.05) is 13.2 Å². The fourth-order valence-electron chi connectivity index (χ4n) is 3.32. The number of hydrogen-bond acceptors (Lipinski definition) is 3. The van der Waals surface area contributed by atoms with Crippen molar-refractivity contribution in [3.05, 3.63) is 29.8 Å². The van der Waals surface area contributed by atoms with Crippen LogP contribution >= 0.6 is 0 Å². The second kappa shape index (κ2) is 6.06. The normalized spacial score (nSPS) is 23.8. The molecule has 2 N–H and O–H groups in total. The summed E-state index contributed by atoms with van der Waals surface area (Å²) in [5.74, 6) is 0.499. The zero-order valence-corrected chi connectivity index (χ0v) is 12.3. The monoisotopic (exact) mass is 289 g/mol. The lowest BCUT2D eigenvalue weighted by Crippen LogP contribution is -2.44. The van der Waals surface area contributed by atoms with Gasteiger partial charge in [-0.25, -0.2) is 0 Å². The van der Waals surface area contributed by atoms with Gasteiger partial charge in [0.15, 0.2) is 0 Å². The maximum absolute atomic E-state index is 12.4. The van der Waals surface area contributed by atoms with E-state index < -0.39 is 5.60 Å². The van der Waals surface area contributed by atoms with Crippen molar-refractivity contribution in [3.8, 4) is 5.75 Å². The van der Waals surface area contributed by atoms with Crippen molar-refractivity contribution in [2.45, 2.75) is 50.0 Å². The van der Waals surface area contributed by atoms with Gasteiger partial charge in [0.25, 0.3) is 0 Å². The van der Waals surface area contributed by atoms with Gasteiger partial charge in [0, 0.05) is 12.1 Å². The average molecular weight is 289 g/mol. The highest BCUT2D eigenvalue weighted by Crippen LogP contribution is 2.33. The summed E-state index contributed by atoms with van der Waals surface area (Å²) in [7, 11) is 0. The Balaban J connectivity index is 1.60. The minimum Gasteiger partial charge on any atom is -0.492 e. The number of amides is 1. The van der Waals surface area contributed by atoms with Crippen LogP contribution in [0.3, 0.4) is 0 Å². The van der Waals surface area contributed by atoms with Gasteiger partial charge in [0.2, 0.25) is 5.91 Å². The molecule has 0 saturated heterocycles. The Morgan fingerprint density at radius 2 is 1.95 bits per heavy atom. The van der Waals surface area contributed by atoms with E-state index in [0.717, 1.165) is 37.0 Å². The van der Waals surface area contributed by atoms with Gasteiger partial charge in [-0.2, -0.15) is 0 Å². The number of benzene rings is 1. The van der Waals surface area contributed by atoms with Crippen LogP contribution < -0.4 is 10.1 Å². The molecule has 1 aliphatic heterocycles. The second-order valence-electron chi connectivity index (χ2n) is 6.26. The molecule has 1 saturated carbocycles. The van der Waals surface area contributed by atoms with Crippen molar-refractivity contribution in [1.29, 1.82) is 0 Å². The molecule has 4 heteroatoms. The highest BCUT2D eigenvalue weighted by molar-refractivity contribution is 5.85. The van der Waals surface area contributed by atoms with Crippen LogP contribution in [-0.4, -0.2) is 29.8 Å². The van der Waals surface area contributed by atoms with E-state index in [4.69, 9.17) is 4.74 Å². The molecule has 4 nitrogen and oxygen atoms in total. The smallest absolute Gasteiger partial charge is 0.231 e. The van der Waals surface area contributed by atoms with Gasteiger partial charge in [0.05, 0.1) is 5.60 Å². The zero-order chi connectivity index (χ0) is 14.7. The van der Waals surface area contributed by atoms with Crippen LogP contribution in [0, 0.1) is 0 Å². The SMILES string of the molecule is O=C(NCC1(O)CCCCCC1)C1COc2ccccc21. The van der Waals surface area contributed by atoms with Crippen molar-refractivity contribution >= 4 is 5.91 Å². The molecule has 21 heavy (non-hydrogen) atoms. The molecule has 1 aliphatic carbocycles. The van der Waals surface area contributed by atoms with Gasteiger partial charge in [-0.15, -0.1) is 0 Å². The lowest BCUT2D eigenvalue weighted by molar-refractivity contribution is -0.124. The largest absolute Gasteiger partial charge is 0.492 e. The Morgan fingerprint density at radius 3 is 2.71 bits per heavy atom. The Morgan fingerprint density at radius 1 is 1.24 bits per heavy atom. The molecule has 114 valence electrons. The predicted molar refractivity (Wildman–Crippen MR) is 80.3 cm³/mol. The number of ether oxygens (including phenoxy) is 1. The van der Waals surface area contributed by atoms with Crippen LogP contribution in [0.1, 0.15) is 50.0 Å². The molecular formula is C17H23NO3. The first kappa shape index (κ1) is 14.4. The third-order valence-electron chi connectivity index (χ3n) is 4.64. The van der Waals surface area contributed by atoms with Crippen LogP contribution in [0.15, 0.2) is 24.3 Å². The molecule has 0 spiro atoms. The molecule has 0 radical (unpaired) electrons. The maximum Gasteiger partial charge on any atom is 0.231 e. The third-order valence-corrected chi connectivity index (χ3v) is 4.64. The van der Waals surface area contributed by atoms with Crippen LogP contribution in [0.4, 0.5) is 0 Å². The molecule has 2 aliphatic rings. The number of para-hydroxylation sites is 1. The van der Waals surface area contributed by atoms with E-state index in [1.165, 1.54) is 12.8 Å². The molecule has 1 fully saturated rings. The Hall–Kier alpha value is -1.55. The average Bonchev–Trinajstić information content (AvgIpc) is 2.81. The summed E-state index contributed by atoms with van der Waals surface area (Å²) in [6.45, 7) is 0.744. The fraction of sp³-hybridized carbons (Fsp3) is 0.588. The van der Waals surface area contributed by atoms with E-state index in [1.54, 1.807) is 0 Å². The van der Waals surface area contributed by atoms with Gasteiger partial charge >= 0.3 is 0 Å². The number of aliphatic hydroxyl groups is 1. The first-order valence-corrected chi connectivity index (χ1v) is 7.90. The minimum atomic E-state index is -0.731.